The van der Waals surface area contributed by atoms with Crippen molar-refractivity contribution < 1.29 is 4.79 Å². The van der Waals surface area contributed by atoms with Gasteiger partial charge in [0.1, 0.15) is 0 Å². The van der Waals surface area contributed by atoms with Crippen molar-refractivity contribution in [3.8, 4) is 0 Å². The maximum absolute atomic E-state index is 11.2. The number of rotatable bonds is 8. The molecule has 0 atom stereocenters. The Kier molecular flexibility index (Phi) is 8.01. The first kappa shape index (κ1) is 14.2. The number of hydrogen-bond acceptors (Lipinski definition) is 2. The van der Waals surface area contributed by atoms with E-state index in [1.165, 1.54) is 0 Å². The highest BCUT2D eigenvalue weighted by Gasteiger charge is 2.04. The molecule has 0 aliphatic carbocycles. The first-order valence-corrected chi connectivity index (χ1v) is 5.77. The van der Waals surface area contributed by atoms with E-state index in [-0.39, 0.29) is 5.91 Å². The van der Waals surface area contributed by atoms with E-state index in [4.69, 9.17) is 0 Å². The van der Waals surface area contributed by atoms with Crippen LogP contribution in [0.5, 0.6) is 0 Å². The fourth-order valence-electron chi connectivity index (χ4n) is 1.45. The molecule has 0 saturated carbocycles. The molecule has 0 aromatic carbocycles. The summed E-state index contributed by atoms with van der Waals surface area (Å²) in [4.78, 5) is 13.6. The first-order valence-electron chi connectivity index (χ1n) is 5.77. The summed E-state index contributed by atoms with van der Waals surface area (Å²) < 4.78 is 0. The van der Waals surface area contributed by atoms with Gasteiger partial charge in [-0.25, -0.2) is 0 Å². The third-order valence-corrected chi connectivity index (χ3v) is 2.18. The maximum atomic E-state index is 11.2. The Hall–Kier alpha value is -0.830. The number of nitrogens with one attached hydrogen (secondary N) is 1. The van der Waals surface area contributed by atoms with Crippen LogP contribution in [0.25, 0.3) is 0 Å². The van der Waals surface area contributed by atoms with Crippen molar-refractivity contribution in [2.75, 3.05) is 26.2 Å². The SMILES string of the molecule is C=C(C)C(=O)NCCN(CCC)CCC. The van der Waals surface area contributed by atoms with Crippen LogP contribution in [0.15, 0.2) is 12.2 Å². The van der Waals surface area contributed by atoms with Crippen LogP contribution in [-0.2, 0) is 4.79 Å². The van der Waals surface area contributed by atoms with Crippen molar-refractivity contribution in [3.05, 3.63) is 12.2 Å². The fraction of sp³-hybridized carbons (Fsp3) is 0.750. The summed E-state index contributed by atoms with van der Waals surface area (Å²) in [6.45, 7) is 13.5. The number of carbonyl (C=O) groups is 1. The van der Waals surface area contributed by atoms with Crippen LogP contribution in [0.2, 0.25) is 0 Å². The van der Waals surface area contributed by atoms with Crippen LogP contribution in [0, 0.1) is 0 Å². The average molecular weight is 212 g/mol. The molecule has 1 N–H and O–H groups in total. The van der Waals surface area contributed by atoms with Crippen LogP contribution < -0.4 is 5.32 Å². The largest absolute Gasteiger partial charge is 0.351 e. The lowest BCUT2D eigenvalue weighted by molar-refractivity contribution is -0.117. The van der Waals surface area contributed by atoms with Crippen LogP contribution in [0.3, 0.4) is 0 Å². The van der Waals surface area contributed by atoms with Gasteiger partial charge in [0.15, 0.2) is 0 Å². The van der Waals surface area contributed by atoms with E-state index in [2.05, 4.69) is 30.6 Å². The molecule has 0 unspecified atom stereocenters. The zero-order chi connectivity index (χ0) is 11.7. The lowest BCUT2D eigenvalue weighted by atomic mass is 10.3. The van der Waals surface area contributed by atoms with E-state index in [0.717, 1.165) is 32.5 Å². The highest BCUT2D eigenvalue weighted by molar-refractivity contribution is 5.92. The molecule has 0 aliphatic rings. The Morgan fingerprint density at radius 2 is 1.73 bits per heavy atom. The van der Waals surface area contributed by atoms with Crippen LogP contribution >= 0.6 is 0 Å². The fourth-order valence-corrected chi connectivity index (χ4v) is 1.45. The molecular formula is C12H24N2O. The quantitative estimate of drug-likeness (QED) is 0.622. The summed E-state index contributed by atoms with van der Waals surface area (Å²) in [5, 5.41) is 2.85. The summed E-state index contributed by atoms with van der Waals surface area (Å²) in [7, 11) is 0. The Bertz CT molecular complexity index is 196. The van der Waals surface area contributed by atoms with Gasteiger partial charge >= 0.3 is 0 Å². The van der Waals surface area contributed by atoms with Gasteiger partial charge in [0.2, 0.25) is 5.91 Å². The number of carbonyl (C=O) groups excluding carboxylic acids is 1. The molecule has 0 fully saturated rings. The summed E-state index contributed by atoms with van der Waals surface area (Å²) in [6, 6.07) is 0. The second kappa shape index (κ2) is 8.48. The van der Waals surface area contributed by atoms with Gasteiger partial charge < -0.3 is 10.2 Å². The summed E-state index contributed by atoms with van der Waals surface area (Å²) in [5.41, 5.74) is 0.576. The smallest absolute Gasteiger partial charge is 0.246 e. The van der Waals surface area contributed by atoms with Crippen LogP contribution in [0.4, 0.5) is 0 Å². The lowest BCUT2D eigenvalue weighted by Crippen LogP contribution is -2.35. The van der Waals surface area contributed by atoms with Crippen molar-refractivity contribution in [1.29, 1.82) is 0 Å². The van der Waals surface area contributed by atoms with E-state index in [9.17, 15) is 4.79 Å². The molecule has 0 rings (SSSR count). The molecule has 0 bridgehead atoms. The lowest BCUT2D eigenvalue weighted by Gasteiger charge is -2.20. The molecular weight excluding hydrogens is 188 g/mol. The van der Waals surface area contributed by atoms with Gasteiger partial charge in [-0.2, -0.15) is 0 Å². The van der Waals surface area contributed by atoms with Crippen LogP contribution in [-0.4, -0.2) is 37.0 Å². The Morgan fingerprint density at radius 3 is 2.13 bits per heavy atom. The Morgan fingerprint density at radius 1 is 1.20 bits per heavy atom. The summed E-state index contributed by atoms with van der Waals surface area (Å²) in [6.07, 6.45) is 2.32. The predicted octanol–water partition coefficient (Wildman–Crippen LogP) is 1.80. The van der Waals surface area contributed by atoms with Gasteiger partial charge in [-0.3, -0.25) is 4.79 Å². The third kappa shape index (κ3) is 7.14. The van der Waals surface area contributed by atoms with Crippen molar-refractivity contribution in [2.45, 2.75) is 33.6 Å². The third-order valence-electron chi connectivity index (χ3n) is 2.18. The molecule has 3 nitrogen and oxygen atoms in total. The molecule has 15 heavy (non-hydrogen) atoms. The normalized spacial score (nSPS) is 10.4. The van der Waals surface area contributed by atoms with E-state index in [1.807, 2.05) is 0 Å². The van der Waals surface area contributed by atoms with Crippen molar-refractivity contribution in [2.24, 2.45) is 0 Å². The van der Waals surface area contributed by atoms with E-state index in [1.54, 1.807) is 6.92 Å². The molecule has 0 spiro atoms. The van der Waals surface area contributed by atoms with Gasteiger partial charge in [-0.15, -0.1) is 0 Å². The average Bonchev–Trinajstić information content (AvgIpc) is 2.18. The number of amides is 1. The van der Waals surface area contributed by atoms with Gasteiger partial charge in [0.25, 0.3) is 0 Å². The highest BCUT2D eigenvalue weighted by Crippen LogP contribution is 1.93. The topological polar surface area (TPSA) is 32.3 Å². The van der Waals surface area contributed by atoms with E-state index >= 15 is 0 Å². The molecule has 0 aromatic rings. The second-order valence-electron chi connectivity index (χ2n) is 3.88. The van der Waals surface area contributed by atoms with Crippen molar-refractivity contribution >= 4 is 5.91 Å². The maximum Gasteiger partial charge on any atom is 0.246 e. The van der Waals surface area contributed by atoms with Crippen LogP contribution in [0.1, 0.15) is 33.6 Å². The minimum Gasteiger partial charge on any atom is -0.351 e. The molecule has 1 amide bonds. The van der Waals surface area contributed by atoms with E-state index in [0.29, 0.717) is 12.1 Å². The van der Waals surface area contributed by atoms with Gasteiger partial charge in [-0.05, 0) is 32.9 Å². The standard InChI is InChI=1S/C12H24N2O/c1-5-8-14(9-6-2)10-7-13-12(15)11(3)4/h3,5-10H2,1-2,4H3,(H,13,15). The first-order chi connectivity index (χ1) is 7.11. The minimum atomic E-state index is -0.0389. The number of hydrogen-bond donors (Lipinski definition) is 1. The molecule has 88 valence electrons. The van der Waals surface area contributed by atoms with Gasteiger partial charge in [0.05, 0.1) is 0 Å². The molecule has 0 aromatic heterocycles. The monoisotopic (exact) mass is 212 g/mol. The van der Waals surface area contributed by atoms with Crippen molar-refractivity contribution in [1.82, 2.24) is 10.2 Å². The minimum absolute atomic E-state index is 0.0389. The second-order valence-corrected chi connectivity index (χ2v) is 3.88. The predicted molar refractivity (Wildman–Crippen MR) is 64.8 cm³/mol. The molecule has 0 radical (unpaired) electrons. The molecule has 0 saturated heterocycles. The Labute approximate surface area is 93.5 Å². The molecule has 3 heteroatoms. The molecule has 0 heterocycles. The van der Waals surface area contributed by atoms with Gasteiger partial charge in [0, 0.05) is 18.7 Å². The summed E-state index contributed by atoms with van der Waals surface area (Å²) in [5.74, 6) is -0.0389. The number of nitrogens with zero attached hydrogens (tertiary/aromatic N) is 1. The van der Waals surface area contributed by atoms with E-state index < -0.39 is 0 Å². The zero-order valence-corrected chi connectivity index (χ0v) is 10.3. The van der Waals surface area contributed by atoms with Gasteiger partial charge in [-0.1, -0.05) is 20.4 Å². The zero-order valence-electron chi connectivity index (χ0n) is 10.3. The highest BCUT2D eigenvalue weighted by atomic mass is 16.1. The molecule has 0 aliphatic heterocycles. The Balaban J connectivity index is 3.69. The van der Waals surface area contributed by atoms with Crippen molar-refractivity contribution in [3.63, 3.8) is 0 Å². The summed E-state index contributed by atoms with van der Waals surface area (Å²) >= 11 is 0.